The van der Waals surface area contributed by atoms with E-state index in [-0.39, 0.29) is 16.9 Å². The number of aldehydes is 1. The summed E-state index contributed by atoms with van der Waals surface area (Å²) < 4.78 is 0. The number of rotatable bonds is 3. The second-order valence-electron chi connectivity index (χ2n) is 6.68. The monoisotopic (exact) mass is 269 g/mol. The van der Waals surface area contributed by atoms with Gasteiger partial charge in [-0.2, -0.15) is 0 Å². The van der Waals surface area contributed by atoms with Crippen LogP contribution in [0, 0.1) is 10.8 Å². The van der Waals surface area contributed by atoms with Gasteiger partial charge in [-0.3, -0.25) is 0 Å². The average Bonchev–Trinajstić information content (AvgIpc) is 2.28. The molecule has 2 N–H and O–H groups in total. The summed E-state index contributed by atoms with van der Waals surface area (Å²) in [5.41, 5.74) is 5.87. The van der Waals surface area contributed by atoms with E-state index < -0.39 is 0 Å². The predicted molar refractivity (Wildman–Crippen MR) is 88.3 cm³/mol. The van der Waals surface area contributed by atoms with Crippen LogP contribution in [0.4, 0.5) is 0 Å². The molecule has 0 heterocycles. The molecule has 0 spiro atoms. The normalized spacial score (nSPS) is 12.0. The fourth-order valence-electron chi connectivity index (χ4n) is 0.533. The molecule has 0 saturated heterocycles. The topological polar surface area (TPSA) is 43.1 Å². The van der Waals surface area contributed by atoms with Gasteiger partial charge in [-0.05, 0) is 18.3 Å². The summed E-state index contributed by atoms with van der Waals surface area (Å²) in [6.45, 7) is 21.2. The van der Waals surface area contributed by atoms with Crippen molar-refractivity contribution in [1.29, 1.82) is 0 Å². The lowest BCUT2D eigenvalue weighted by atomic mass is 9.86. The number of nitrogens with two attached hydrogens (primary N) is 1. The Kier molecular flexibility index (Phi) is 14.9. The van der Waals surface area contributed by atoms with Crippen molar-refractivity contribution in [2.45, 2.75) is 67.3 Å². The zero-order valence-electron chi connectivity index (χ0n) is 14.1. The summed E-state index contributed by atoms with van der Waals surface area (Å²) in [6.07, 6.45) is 6.67. The first-order valence-electron chi connectivity index (χ1n) is 6.89. The second-order valence-corrected chi connectivity index (χ2v) is 6.68. The molecule has 0 aromatic carbocycles. The minimum Gasteiger partial charge on any atom is -0.327 e. The molecule has 2 nitrogen and oxygen atoms in total. The maximum atomic E-state index is 9.83. The molecule has 0 amide bonds. The van der Waals surface area contributed by atoms with Gasteiger partial charge in [0.1, 0.15) is 6.29 Å². The third-order valence-electron chi connectivity index (χ3n) is 2.18. The molecule has 1 unspecified atom stereocenters. The Morgan fingerprint density at radius 2 is 1.37 bits per heavy atom. The van der Waals surface area contributed by atoms with E-state index in [0.29, 0.717) is 0 Å². The molecule has 0 aliphatic rings. The molecule has 0 rings (SSSR count). The number of hydrogen-bond donors (Lipinski definition) is 1. The van der Waals surface area contributed by atoms with E-state index in [0.717, 1.165) is 19.1 Å². The molecule has 2 heteroatoms. The molecule has 0 aliphatic carbocycles. The SMILES string of the molecule is C=CCC.C=CCC(N)C(C)(C)C.CC(C)(C)C=O. The molecule has 0 fully saturated rings. The van der Waals surface area contributed by atoms with E-state index in [4.69, 9.17) is 5.73 Å². The van der Waals surface area contributed by atoms with Gasteiger partial charge < -0.3 is 10.5 Å². The maximum Gasteiger partial charge on any atom is 0.125 e. The number of carbonyl (C=O) groups excluding carboxylic acids is 1. The van der Waals surface area contributed by atoms with Crippen molar-refractivity contribution < 1.29 is 4.79 Å². The molecular weight excluding hydrogens is 234 g/mol. The van der Waals surface area contributed by atoms with Crippen LogP contribution in [0.25, 0.3) is 0 Å². The summed E-state index contributed by atoms with van der Waals surface area (Å²) in [4.78, 5) is 9.83. The molecule has 0 aliphatic heterocycles. The Hall–Kier alpha value is -0.890. The minimum atomic E-state index is -0.139. The van der Waals surface area contributed by atoms with Crippen molar-refractivity contribution in [3.8, 4) is 0 Å². The lowest BCUT2D eigenvalue weighted by Gasteiger charge is -2.25. The van der Waals surface area contributed by atoms with Gasteiger partial charge >= 0.3 is 0 Å². The Bertz CT molecular complexity index is 231. The lowest BCUT2D eigenvalue weighted by Crippen LogP contribution is -2.34. The van der Waals surface area contributed by atoms with Crippen LogP contribution in [0.15, 0.2) is 25.3 Å². The quantitative estimate of drug-likeness (QED) is 0.593. The largest absolute Gasteiger partial charge is 0.327 e. The van der Waals surface area contributed by atoms with E-state index in [9.17, 15) is 4.79 Å². The van der Waals surface area contributed by atoms with Crippen molar-refractivity contribution in [3.63, 3.8) is 0 Å². The average molecular weight is 269 g/mol. The first-order chi connectivity index (χ1) is 8.46. The molecule has 114 valence electrons. The van der Waals surface area contributed by atoms with E-state index >= 15 is 0 Å². The van der Waals surface area contributed by atoms with Gasteiger partial charge in [0.05, 0.1) is 0 Å². The van der Waals surface area contributed by atoms with Crippen LogP contribution in [0.2, 0.25) is 0 Å². The summed E-state index contributed by atoms with van der Waals surface area (Å²) in [7, 11) is 0. The molecule has 1 atom stereocenters. The molecule has 0 bridgehead atoms. The van der Waals surface area contributed by atoms with Crippen LogP contribution in [0.1, 0.15) is 61.3 Å². The van der Waals surface area contributed by atoms with Crippen LogP contribution in [0.5, 0.6) is 0 Å². The third-order valence-corrected chi connectivity index (χ3v) is 2.18. The molecule has 0 radical (unpaired) electrons. The van der Waals surface area contributed by atoms with Crippen molar-refractivity contribution in [2.24, 2.45) is 16.6 Å². The van der Waals surface area contributed by atoms with Gasteiger partial charge in [-0.1, -0.05) is 60.6 Å². The van der Waals surface area contributed by atoms with Crippen molar-refractivity contribution in [1.82, 2.24) is 0 Å². The van der Waals surface area contributed by atoms with Gasteiger partial charge in [-0.15, -0.1) is 13.2 Å². The van der Waals surface area contributed by atoms with Gasteiger partial charge in [0.15, 0.2) is 0 Å². The van der Waals surface area contributed by atoms with Crippen LogP contribution < -0.4 is 5.73 Å². The molecule has 19 heavy (non-hydrogen) atoms. The number of allylic oxidation sites excluding steroid dienone is 1. The maximum absolute atomic E-state index is 9.83. The van der Waals surface area contributed by atoms with Gasteiger partial charge in [0, 0.05) is 11.5 Å². The van der Waals surface area contributed by atoms with Crippen LogP contribution in [-0.4, -0.2) is 12.3 Å². The molecule has 0 aromatic heterocycles. The summed E-state index contributed by atoms with van der Waals surface area (Å²) in [5.74, 6) is 0. The third kappa shape index (κ3) is 26.6. The lowest BCUT2D eigenvalue weighted by molar-refractivity contribution is -0.113. The molecule has 0 saturated carbocycles. The van der Waals surface area contributed by atoms with Crippen molar-refractivity contribution >= 4 is 6.29 Å². The van der Waals surface area contributed by atoms with Gasteiger partial charge in [-0.25, -0.2) is 0 Å². The highest BCUT2D eigenvalue weighted by Crippen LogP contribution is 2.19. The van der Waals surface area contributed by atoms with Crippen molar-refractivity contribution in [2.75, 3.05) is 0 Å². The van der Waals surface area contributed by atoms with E-state index in [2.05, 4.69) is 40.9 Å². The van der Waals surface area contributed by atoms with E-state index in [1.165, 1.54) is 0 Å². The predicted octanol–water partition coefficient (Wildman–Crippen LogP) is 4.75. The zero-order valence-corrected chi connectivity index (χ0v) is 14.1. The second kappa shape index (κ2) is 12.2. The van der Waals surface area contributed by atoms with Crippen LogP contribution in [0.3, 0.4) is 0 Å². The Morgan fingerprint density at radius 3 is 1.42 bits per heavy atom. The summed E-state index contributed by atoms with van der Waals surface area (Å²) >= 11 is 0. The van der Waals surface area contributed by atoms with Gasteiger partial charge in [0.25, 0.3) is 0 Å². The van der Waals surface area contributed by atoms with Crippen molar-refractivity contribution in [3.05, 3.63) is 25.3 Å². The molecular formula is C17H35NO. The highest BCUT2D eigenvalue weighted by atomic mass is 16.1. The highest BCUT2D eigenvalue weighted by molar-refractivity contribution is 5.56. The Morgan fingerprint density at radius 1 is 1.05 bits per heavy atom. The number of carbonyl (C=O) groups is 1. The Balaban J connectivity index is -0.000000222. The smallest absolute Gasteiger partial charge is 0.125 e. The van der Waals surface area contributed by atoms with Crippen LogP contribution in [-0.2, 0) is 4.79 Å². The minimum absolute atomic E-state index is 0.139. The molecule has 0 aromatic rings. The van der Waals surface area contributed by atoms with E-state index in [1.807, 2.05) is 32.9 Å². The fraction of sp³-hybridized carbons (Fsp3) is 0.706. The van der Waals surface area contributed by atoms with Crippen LogP contribution >= 0.6 is 0 Å². The summed E-state index contributed by atoms with van der Waals surface area (Å²) in [5, 5.41) is 0. The number of hydrogen-bond acceptors (Lipinski definition) is 2. The zero-order chi connectivity index (χ0) is 16.1. The summed E-state index contributed by atoms with van der Waals surface area (Å²) in [6, 6.07) is 0.245. The van der Waals surface area contributed by atoms with E-state index in [1.54, 1.807) is 0 Å². The Labute approximate surface area is 121 Å². The standard InChI is InChI=1S/C8H17N.C5H10O.C4H8/c1-5-6-7(9)8(2,3)4;1-5(2,3)4-6;1-3-4-2/h5,7H,1,6,9H2,2-4H3;4H,1-3H3;3H,1,4H2,2H3. The first kappa shape index (κ1) is 23.2. The fourth-order valence-corrected chi connectivity index (χ4v) is 0.533. The first-order valence-corrected chi connectivity index (χ1v) is 6.89. The van der Waals surface area contributed by atoms with Gasteiger partial charge in [0.2, 0.25) is 0 Å². The highest BCUT2D eigenvalue weighted by Gasteiger charge is 2.18.